The lowest BCUT2D eigenvalue weighted by molar-refractivity contribution is 0.0513. The second-order valence-corrected chi connectivity index (χ2v) is 4.11. The summed E-state index contributed by atoms with van der Waals surface area (Å²) in [6, 6.07) is 9.40. The maximum atomic E-state index is 13.7. The molecule has 0 fully saturated rings. The van der Waals surface area contributed by atoms with E-state index < -0.39 is 11.8 Å². The van der Waals surface area contributed by atoms with Gasteiger partial charge < -0.3 is 4.74 Å². The smallest absolute Gasteiger partial charge is 0.361 e. The molecule has 1 atom stereocenters. The molecule has 2 rings (SSSR count). The summed E-state index contributed by atoms with van der Waals surface area (Å²) >= 11 is 0. The molecule has 4 nitrogen and oxygen atoms in total. The van der Waals surface area contributed by atoms with Crippen molar-refractivity contribution in [2.24, 2.45) is 0 Å². The highest BCUT2D eigenvalue weighted by Crippen LogP contribution is 2.18. The van der Waals surface area contributed by atoms with Crippen LogP contribution in [0.25, 0.3) is 0 Å². The molecule has 1 aromatic carbocycles. The maximum Gasteiger partial charge on any atom is 0.361 e. The zero-order chi connectivity index (χ0) is 13.8. The lowest BCUT2D eigenvalue weighted by Gasteiger charge is -2.11. The molecule has 0 aliphatic rings. The Morgan fingerprint density at radius 3 is 2.74 bits per heavy atom. The van der Waals surface area contributed by atoms with Crippen LogP contribution in [0.15, 0.2) is 36.5 Å². The zero-order valence-electron chi connectivity index (χ0n) is 10.8. The number of ether oxygens (including phenoxy) is 1. The van der Waals surface area contributed by atoms with Crippen molar-refractivity contribution in [3.05, 3.63) is 53.6 Å². The van der Waals surface area contributed by atoms with Crippen LogP contribution < -0.4 is 0 Å². The van der Waals surface area contributed by atoms with Crippen LogP contribution in [0.3, 0.4) is 0 Å². The number of hydrogen-bond acceptors (Lipinski definition) is 3. The third-order valence-corrected chi connectivity index (χ3v) is 2.83. The van der Waals surface area contributed by atoms with Crippen LogP contribution in [-0.2, 0) is 4.74 Å². The van der Waals surface area contributed by atoms with E-state index >= 15 is 0 Å². The number of aromatic nitrogens is 2. The Balaban J connectivity index is 2.27. The van der Waals surface area contributed by atoms with Crippen LogP contribution in [0.4, 0.5) is 4.39 Å². The molecule has 5 heteroatoms. The lowest BCUT2D eigenvalue weighted by atomic mass is 10.1. The number of nitrogens with zero attached hydrogens (tertiary/aromatic N) is 2. The van der Waals surface area contributed by atoms with E-state index in [1.165, 1.54) is 10.9 Å². The monoisotopic (exact) mass is 262 g/mol. The highest BCUT2D eigenvalue weighted by atomic mass is 19.1. The Kier molecular flexibility index (Phi) is 3.94. The third kappa shape index (κ3) is 2.81. The highest BCUT2D eigenvalue weighted by molar-refractivity contribution is 5.87. The summed E-state index contributed by atoms with van der Waals surface area (Å²) in [7, 11) is 0. The minimum atomic E-state index is -0.737. The van der Waals surface area contributed by atoms with Crippen LogP contribution in [0.2, 0.25) is 0 Å². The summed E-state index contributed by atoms with van der Waals surface area (Å²) in [5.74, 6) is -1.40. The lowest BCUT2D eigenvalue weighted by Crippen LogP contribution is -2.11. The van der Waals surface area contributed by atoms with E-state index in [9.17, 15) is 9.18 Å². The molecule has 2 aromatic rings. The normalized spacial score (nSPS) is 12.2. The molecule has 1 heterocycles. The van der Waals surface area contributed by atoms with Gasteiger partial charge in [0.15, 0.2) is 5.82 Å². The first-order chi connectivity index (χ1) is 9.13. The molecule has 19 heavy (non-hydrogen) atoms. The molecule has 0 saturated carbocycles. The van der Waals surface area contributed by atoms with Crippen molar-refractivity contribution in [1.29, 1.82) is 0 Å². The number of rotatable bonds is 4. The number of carbonyl (C=O) groups is 1. The van der Waals surface area contributed by atoms with Gasteiger partial charge in [-0.15, -0.1) is 0 Å². The molecule has 0 bridgehead atoms. The van der Waals surface area contributed by atoms with E-state index in [2.05, 4.69) is 5.10 Å². The molecule has 100 valence electrons. The minimum absolute atomic E-state index is 0.154. The van der Waals surface area contributed by atoms with Gasteiger partial charge >= 0.3 is 5.97 Å². The summed E-state index contributed by atoms with van der Waals surface area (Å²) < 4.78 is 19.9. The molecular weight excluding hydrogens is 247 g/mol. The van der Waals surface area contributed by atoms with Gasteiger partial charge in [-0.05, 0) is 19.4 Å². The predicted molar refractivity (Wildman–Crippen MR) is 68.4 cm³/mol. The van der Waals surface area contributed by atoms with Crippen molar-refractivity contribution in [2.75, 3.05) is 6.61 Å². The zero-order valence-corrected chi connectivity index (χ0v) is 10.8. The van der Waals surface area contributed by atoms with Crippen LogP contribution in [-0.4, -0.2) is 22.4 Å². The highest BCUT2D eigenvalue weighted by Gasteiger charge is 2.20. The van der Waals surface area contributed by atoms with Crippen LogP contribution in [0.1, 0.15) is 35.9 Å². The van der Waals surface area contributed by atoms with Gasteiger partial charge in [-0.2, -0.15) is 5.10 Å². The number of carbonyl (C=O) groups excluding carboxylic acids is 1. The average Bonchev–Trinajstić information content (AvgIpc) is 2.81. The molecule has 1 aromatic heterocycles. The van der Waals surface area contributed by atoms with Gasteiger partial charge in [-0.25, -0.2) is 9.18 Å². The maximum absolute atomic E-state index is 13.7. The SMILES string of the molecule is CCOC(=O)c1nn([C@H](C)c2ccccc2)cc1F. The van der Waals surface area contributed by atoms with Crippen molar-refractivity contribution in [3.8, 4) is 0 Å². The number of halogens is 1. The van der Waals surface area contributed by atoms with E-state index in [-0.39, 0.29) is 18.3 Å². The van der Waals surface area contributed by atoms with Crippen molar-refractivity contribution in [2.45, 2.75) is 19.9 Å². The summed E-state index contributed by atoms with van der Waals surface area (Å²) in [5, 5.41) is 3.97. The van der Waals surface area contributed by atoms with Crippen LogP contribution in [0.5, 0.6) is 0 Å². The predicted octanol–water partition coefficient (Wildman–Crippen LogP) is 2.81. The summed E-state index contributed by atoms with van der Waals surface area (Å²) in [6.07, 6.45) is 1.21. The number of esters is 1. The molecule has 0 aliphatic carbocycles. The Hall–Kier alpha value is -2.17. The van der Waals surface area contributed by atoms with E-state index in [1.807, 2.05) is 37.3 Å². The molecule has 0 unspecified atom stereocenters. The number of benzene rings is 1. The van der Waals surface area contributed by atoms with Gasteiger partial charge in [-0.1, -0.05) is 30.3 Å². The fourth-order valence-electron chi connectivity index (χ4n) is 1.79. The summed E-state index contributed by atoms with van der Waals surface area (Å²) in [5.41, 5.74) is 0.713. The second kappa shape index (κ2) is 5.65. The van der Waals surface area contributed by atoms with Gasteiger partial charge in [0.05, 0.1) is 18.8 Å². The topological polar surface area (TPSA) is 44.1 Å². The van der Waals surface area contributed by atoms with E-state index in [1.54, 1.807) is 6.92 Å². The molecule has 0 aliphatic heterocycles. The fraction of sp³-hybridized carbons (Fsp3) is 0.286. The second-order valence-electron chi connectivity index (χ2n) is 4.11. The quantitative estimate of drug-likeness (QED) is 0.796. The average molecular weight is 262 g/mol. The Bertz CT molecular complexity index is 566. The molecule has 0 saturated heterocycles. The van der Waals surface area contributed by atoms with Gasteiger partial charge in [0.25, 0.3) is 0 Å². The Labute approximate surface area is 110 Å². The van der Waals surface area contributed by atoms with Crippen LogP contribution in [0, 0.1) is 5.82 Å². The van der Waals surface area contributed by atoms with Gasteiger partial charge in [0.2, 0.25) is 5.69 Å². The van der Waals surface area contributed by atoms with Crippen molar-refractivity contribution >= 4 is 5.97 Å². The van der Waals surface area contributed by atoms with Crippen LogP contribution >= 0.6 is 0 Å². The molecule has 0 radical (unpaired) electrons. The first-order valence-corrected chi connectivity index (χ1v) is 6.10. The Morgan fingerprint density at radius 2 is 2.11 bits per heavy atom. The van der Waals surface area contributed by atoms with Gasteiger partial charge in [0, 0.05) is 0 Å². The minimum Gasteiger partial charge on any atom is -0.461 e. The fourth-order valence-corrected chi connectivity index (χ4v) is 1.79. The van der Waals surface area contributed by atoms with Crippen molar-refractivity contribution < 1.29 is 13.9 Å². The molecule has 0 spiro atoms. The first-order valence-electron chi connectivity index (χ1n) is 6.10. The van der Waals surface area contributed by atoms with Gasteiger partial charge in [-0.3, -0.25) is 4.68 Å². The Morgan fingerprint density at radius 1 is 1.42 bits per heavy atom. The van der Waals surface area contributed by atoms with E-state index in [4.69, 9.17) is 4.74 Å². The summed E-state index contributed by atoms with van der Waals surface area (Å²) in [6.45, 7) is 3.75. The molecule has 0 amide bonds. The van der Waals surface area contributed by atoms with Crippen molar-refractivity contribution in [1.82, 2.24) is 9.78 Å². The standard InChI is InChI=1S/C14H15FN2O2/c1-3-19-14(18)13-12(15)9-17(16-13)10(2)11-7-5-4-6-8-11/h4-10H,3H2,1-2H3/t10-/m1/s1. The molecule has 0 N–H and O–H groups in total. The summed E-state index contributed by atoms with van der Waals surface area (Å²) in [4.78, 5) is 11.5. The third-order valence-electron chi connectivity index (χ3n) is 2.83. The van der Waals surface area contributed by atoms with E-state index in [0.29, 0.717) is 0 Å². The van der Waals surface area contributed by atoms with Gasteiger partial charge in [0.1, 0.15) is 0 Å². The largest absolute Gasteiger partial charge is 0.461 e. The molecular formula is C14H15FN2O2. The van der Waals surface area contributed by atoms with E-state index in [0.717, 1.165) is 5.56 Å². The van der Waals surface area contributed by atoms with Crippen molar-refractivity contribution in [3.63, 3.8) is 0 Å². The first kappa shape index (κ1) is 13.3. The number of hydrogen-bond donors (Lipinski definition) is 0.